The van der Waals surface area contributed by atoms with E-state index in [0.717, 1.165) is 26.6 Å². The molecular weight excluding hydrogens is 394 g/mol. The number of nitrogens with one attached hydrogen (secondary N) is 1. The van der Waals surface area contributed by atoms with Crippen molar-refractivity contribution >= 4 is 39.2 Å². The van der Waals surface area contributed by atoms with E-state index in [-0.39, 0.29) is 5.91 Å². The second kappa shape index (κ2) is 8.79. The summed E-state index contributed by atoms with van der Waals surface area (Å²) in [5.74, 6) is 2.28. The normalized spacial score (nSPS) is 10.9. The van der Waals surface area contributed by atoms with Gasteiger partial charge in [-0.2, -0.15) is 0 Å². The van der Waals surface area contributed by atoms with E-state index in [2.05, 4.69) is 29.1 Å². The Morgan fingerprint density at radius 1 is 1.14 bits per heavy atom. The number of ether oxygens (including phenoxy) is 2. The lowest BCUT2D eigenvalue weighted by Gasteiger charge is -2.10. The summed E-state index contributed by atoms with van der Waals surface area (Å²) in [4.78, 5) is 23.6. The molecule has 0 unspecified atom stereocenters. The SMILES string of the molecule is COc1ccc(CNC(=O)CSc2nc(C)nc3sc(C)c(C)c23)cc1OC. The molecule has 1 N–H and O–H groups in total. The molecule has 0 radical (unpaired) electrons. The van der Waals surface area contributed by atoms with E-state index in [0.29, 0.717) is 23.8 Å². The molecule has 1 amide bonds. The number of benzene rings is 1. The number of hydrogen-bond acceptors (Lipinski definition) is 7. The first-order chi connectivity index (χ1) is 13.4. The number of thiophene rings is 1. The van der Waals surface area contributed by atoms with E-state index >= 15 is 0 Å². The van der Waals surface area contributed by atoms with Crippen LogP contribution in [0.3, 0.4) is 0 Å². The van der Waals surface area contributed by atoms with Gasteiger partial charge in [0.15, 0.2) is 11.5 Å². The summed E-state index contributed by atoms with van der Waals surface area (Å²) in [7, 11) is 3.19. The lowest BCUT2D eigenvalue weighted by Crippen LogP contribution is -2.24. The van der Waals surface area contributed by atoms with Crippen molar-refractivity contribution in [1.29, 1.82) is 0 Å². The van der Waals surface area contributed by atoms with Crippen LogP contribution in [0.15, 0.2) is 23.2 Å². The number of fused-ring (bicyclic) bond motifs is 1. The Balaban J connectivity index is 1.64. The maximum Gasteiger partial charge on any atom is 0.230 e. The third kappa shape index (κ3) is 4.39. The number of aryl methyl sites for hydroxylation is 3. The summed E-state index contributed by atoms with van der Waals surface area (Å²) < 4.78 is 10.5. The quantitative estimate of drug-likeness (QED) is 0.462. The van der Waals surface area contributed by atoms with Gasteiger partial charge in [0.1, 0.15) is 15.7 Å². The van der Waals surface area contributed by atoms with Gasteiger partial charge in [0.05, 0.1) is 20.0 Å². The van der Waals surface area contributed by atoms with Crippen LogP contribution in [-0.2, 0) is 11.3 Å². The zero-order valence-electron chi connectivity index (χ0n) is 16.6. The van der Waals surface area contributed by atoms with E-state index in [1.807, 2.05) is 25.1 Å². The third-order valence-corrected chi connectivity index (χ3v) is 6.46. The van der Waals surface area contributed by atoms with Crippen LogP contribution in [0.25, 0.3) is 10.2 Å². The monoisotopic (exact) mass is 417 g/mol. The van der Waals surface area contributed by atoms with Gasteiger partial charge in [-0.05, 0) is 44.0 Å². The first kappa shape index (κ1) is 20.4. The predicted octanol–water partition coefficient (Wildman–Crippen LogP) is 4.04. The summed E-state index contributed by atoms with van der Waals surface area (Å²) in [6, 6.07) is 5.60. The molecule has 0 atom stereocenters. The van der Waals surface area contributed by atoms with Gasteiger partial charge in [0.2, 0.25) is 5.91 Å². The fourth-order valence-electron chi connectivity index (χ4n) is 2.80. The van der Waals surface area contributed by atoms with E-state index in [4.69, 9.17) is 9.47 Å². The molecular formula is C20H23N3O3S2. The average molecular weight is 418 g/mol. The van der Waals surface area contributed by atoms with Gasteiger partial charge in [-0.25, -0.2) is 9.97 Å². The van der Waals surface area contributed by atoms with Crippen LogP contribution in [0.5, 0.6) is 11.5 Å². The Bertz CT molecular complexity index is 1020. The molecule has 0 bridgehead atoms. The maximum absolute atomic E-state index is 12.3. The van der Waals surface area contributed by atoms with Crippen LogP contribution in [0, 0.1) is 20.8 Å². The van der Waals surface area contributed by atoms with Crippen LogP contribution in [-0.4, -0.2) is 35.8 Å². The van der Waals surface area contributed by atoms with Gasteiger partial charge in [0, 0.05) is 16.8 Å². The van der Waals surface area contributed by atoms with E-state index in [9.17, 15) is 4.79 Å². The molecule has 1 aromatic carbocycles. The Morgan fingerprint density at radius 2 is 1.89 bits per heavy atom. The average Bonchev–Trinajstić information content (AvgIpc) is 2.97. The number of thioether (sulfide) groups is 1. The molecule has 28 heavy (non-hydrogen) atoms. The number of rotatable bonds is 7. The number of methoxy groups -OCH3 is 2. The minimum absolute atomic E-state index is 0.0474. The summed E-state index contributed by atoms with van der Waals surface area (Å²) in [6.45, 7) is 6.47. The summed E-state index contributed by atoms with van der Waals surface area (Å²) in [5, 5.41) is 4.87. The number of amides is 1. The Kier molecular flexibility index (Phi) is 6.41. The van der Waals surface area contributed by atoms with E-state index < -0.39 is 0 Å². The fourth-order valence-corrected chi connectivity index (χ4v) is 4.90. The number of carbonyl (C=O) groups excluding carboxylic acids is 1. The van der Waals surface area contributed by atoms with Crippen molar-refractivity contribution in [3.8, 4) is 11.5 Å². The minimum Gasteiger partial charge on any atom is -0.493 e. The van der Waals surface area contributed by atoms with Crippen molar-refractivity contribution in [2.45, 2.75) is 32.3 Å². The molecule has 0 aliphatic rings. The molecule has 6 nitrogen and oxygen atoms in total. The Hall–Kier alpha value is -2.32. The van der Waals surface area contributed by atoms with Gasteiger partial charge in [-0.3, -0.25) is 4.79 Å². The number of hydrogen-bond donors (Lipinski definition) is 1. The highest BCUT2D eigenvalue weighted by Gasteiger charge is 2.15. The first-order valence-corrected chi connectivity index (χ1v) is 10.6. The highest BCUT2D eigenvalue weighted by molar-refractivity contribution is 8.00. The van der Waals surface area contributed by atoms with Crippen LogP contribution < -0.4 is 14.8 Å². The topological polar surface area (TPSA) is 73.3 Å². The van der Waals surface area contributed by atoms with E-state index in [1.165, 1.54) is 22.2 Å². The maximum atomic E-state index is 12.3. The molecule has 8 heteroatoms. The van der Waals surface area contributed by atoms with Crippen LogP contribution in [0.1, 0.15) is 21.8 Å². The molecule has 0 aliphatic heterocycles. The van der Waals surface area contributed by atoms with Gasteiger partial charge >= 0.3 is 0 Å². The Labute approximate surface area is 172 Å². The van der Waals surface area contributed by atoms with Crippen molar-refractivity contribution in [1.82, 2.24) is 15.3 Å². The van der Waals surface area contributed by atoms with Gasteiger partial charge in [-0.15, -0.1) is 11.3 Å². The molecule has 2 heterocycles. The molecule has 2 aromatic heterocycles. The fraction of sp³-hybridized carbons (Fsp3) is 0.350. The highest BCUT2D eigenvalue weighted by Crippen LogP contribution is 2.35. The van der Waals surface area contributed by atoms with Crippen molar-refractivity contribution < 1.29 is 14.3 Å². The van der Waals surface area contributed by atoms with Gasteiger partial charge in [-0.1, -0.05) is 17.8 Å². The lowest BCUT2D eigenvalue weighted by molar-refractivity contribution is -0.118. The van der Waals surface area contributed by atoms with Crippen molar-refractivity contribution in [2.75, 3.05) is 20.0 Å². The molecule has 0 aliphatic carbocycles. The smallest absolute Gasteiger partial charge is 0.230 e. The van der Waals surface area contributed by atoms with E-state index in [1.54, 1.807) is 25.6 Å². The third-order valence-electron chi connectivity index (χ3n) is 4.38. The molecule has 148 valence electrons. The summed E-state index contributed by atoms with van der Waals surface area (Å²) in [5.41, 5.74) is 2.13. The first-order valence-electron chi connectivity index (χ1n) is 8.77. The van der Waals surface area contributed by atoms with Gasteiger partial charge in [0.25, 0.3) is 0 Å². The molecule has 3 aromatic rings. The molecule has 0 saturated carbocycles. The lowest BCUT2D eigenvalue weighted by atomic mass is 10.2. The second-order valence-corrected chi connectivity index (χ2v) is 8.46. The number of aromatic nitrogens is 2. The second-order valence-electron chi connectivity index (χ2n) is 6.29. The van der Waals surface area contributed by atoms with Gasteiger partial charge < -0.3 is 14.8 Å². The molecule has 0 saturated heterocycles. The summed E-state index contributed by atoms with van der Waals surface area (Å²) >= 11 is 3.12. The number of carbonyl (C=O) groups is 1. The van der Waals surface area contributed by atoms with Crippen LogP contribution in [0.2, 0.25) is 0 Å². The predicted molar refractivity (Wildman–Crippen MR) is 114 cm³/mol. The summed E-state index contributed by atoms with van der Waals surface area (Å²) in [6.07, 6.45) is 0. The zero-order chi connectivity index (χ0) is 20.3. The van der Waals surface area contributed by atoms with Crippen molar-refractivity contribution in [2.24, 2.45) is 0 Å². The van der Waals surface area contributed by atoms with Crippen LogP contribution in [0.4, 0.5) is 0 Å². The van der Waals surface area contributed by atoms with Crippen molar-refractivity contribution in [3.63, 3.8) is 0 Å². The zero-order valence-corrected chi connectivity index (χ0v) is 18.2. The highest BCUT2D eigenvalue weighted by atomic mass is 32.2. The molecule has 3 rings (SSSR count). The minimum atomic E-state index is -0.0474. The Morgan fingerprint density at radius 3 is 2.61 bits per heavy atom. The van der Waals surface area contributed by atoms with Crippen molar-refractivity contribution in [3.05, 3.63) is 40.0 Å². The number of nitrogens with zero attached hydrogens (tertiary/aromatic N) is 2. The largest absolute Gasteiger partial charge is 0.493 e. The standard InChI is InChI=1S/C20H23N3O3S2/c1-11-12(2)28-20-18(11)19(22-13(3)23-20)27-10-17(24)21-9-14-6-7-15(25-4)16(8-14)26-5/h6-8H,9-10H2,1-5H3,(H,21,24). The molecule has 0 fully saturated rings. The van der Waals surface area contributed by atoms with Crippen LogP contribution >= 0.6 is 23.1 Å². The molecule has 0 spiro atoms.